The molecule has 0 radical (unpaired) electrons. The third-order valence-corrected chi connectivity index (χ3v) is 3.13. The topological polar surface area (TPSA) is 72.8 Å². The lowest BCUT2D eigenvalue weighted by molar-refractivity contribution is -0.144. The molecule has 1 aliphatic heterocycles. The molecular formula is C12H11ClO5. The lowest BCUT2D eigenvalue weighted by Crippen LogP contribution is -2.17. The zero-order valence-corrected chi connectivity index (χ0v) is 10.3. The third-order valence-electron chi connectivity index (χ3n) is 2.83. The van der Waals surface area contributed by atoms with Gasteiger partial charge >= 0.3 is 11.9 Å². The maximum Gasteiger partial charge on any atom is 0.311 e. The van der Waals surface area contributed by atoms with E-state index in [9.17, 15) is 9.59 Å². The molecule has 1 heterocycles. The van der Waals surface area contributed by atoms with Gasteiger partial charge < -0.3 is 14.6 Å². The monoisotopic (exact) mass is 270 g/mol. The Morgan fingerprint density at radius 1 is 1.56 bits per heavy atom. The Hall–Kier alpha value is -1.75. The van der Waals surface area contributed by atoms with Crippen LogP contribution in [0.15, 0.2) is 18.2 Å². The van der Waals surface area contributed by atoms with Crippen LogP contribution in [0.3, 0.4) is 0 Å². The van der Waals surface area contributed by atoms with E-state index in [1.54, 1.807) is 18.2 Å². The number of rotatable bonds is 3. The van der Waals surface area contributed by atoms with Crippen molar-refractivity contribution < 1.29 is 24.2 Å². The zero-order chi connectivity index (χ0) is 13.3. The summed E-state index contributed by atoms with van der Waals surface area (Å²) in [4.78, 5) is 22.3. The highest BCUT2D eigenvalue weighted by molar-refractivity contribution is 6.32. The first-order chi connectivity index (χ1) is 8.52. The van der Waals surface area contributed by atoms with Crippen molar-refractivity contribution in [3.8, 4) is 5.75 Å². The normalized spacial score (nSPS) is 22.7. The van der Waals surface area contributed by atoms with Crippen molar-refractivity contribution in [1.82, 2.24) is 0 Å². The van der Waals surface area contributed by atoms with Gasteiger partial charge in [-0.1, -0.05) is 17.7 Å². The van der Waals surface area contributed by atoms with Crippen LogP contribution < -0.4 is 4.74 Å². The summed E-state index contributed by atoms with van der Waals surface area (Å²) in [5.41, 5.74) is 0.555. The number of esters is 1. The van der Waals surface area contributed by atoms with E-state index >= 15 is 0 Å². The molecule has 0 amide bonds. The van der Waals surface area contributed by atoms with Crippen molar-refractivity contribution in [1.29, 1.82) is 0 Å². The highest BCUT2D eigenvalue weighted by Gasteiger charge is 2.41. The largest absolute Gasteiger partial charge is 0.495 e. The third kappa shape index (κ3) is 2.26. The van der Waals surface area contributed by atoms with Crippen LogP contribution in [-0.4, -0.2) is 24.2 Å². The summed E-state index contributed by atoms with van der Waals surface area (Å²) in [6.07, 6.45) is -0.915. The van der Waals surface area contributed by atoms with E-state index in [1.165, 1.54) is 7.11 Å². The van der Waals surface area contributed by atoms with Crippen molar-refractivity contribution >= 4 is 23.5 Å². The summed E-state index contributed by atoms with van der Waals surface area (Å²) >= 11 is 5.96. The van der Waals surface area contributed by atoms with E-state index in [1.807, 2.05) is 0 Å². The van der Waals surface area contributed by atoms with Crippen LogP contribution >= 0.6 is 11.6 Å². The van der Waals surface area contributed by atoms with Crippen LogP contribution in [0.2, 0.25) is 5.02 Å². The lowest BCUT2D eigenvalue weighted by atomic mass is 9.95. The molecule has 0 spiro atoms. The minimum Gasteiger partial charge on any atom is -0.495 e. The van der Waals surface area contributed by atoms with Crippen molar-refractivity contribution in [2.45, 2.75) is 12.5 Å². The number of aliphatic carboxylic acids is 1. The second-order valence-corrected chi connectivity index (χ2v) is 4.36. The molecule has 0 bridgehead atoms. The number of cyclic esters (lactones) is 1. The van der Waals surface area contributed by atoms with E-state index < -0.39 is 24.0 Å². The highest BCUT2D eigenvalue weighted by Crippen LogP contribution is 2.38. The van der Waals surface area contributed by atoms with Gasteiger partial charge in [-0.05, 0) is 17.7 Å². The minimum atomic E-state index is -1.06. The predicted octanol–water partition coefficient (Wildman–Crippen LogP) is 2.04. The number of carboxylic acids is 1. The first kappa shape index (κ1) is 12.7. The summed E-state index contributed by atoms with van der Waals surface area (Å²) in [7, 11) is 1.48. The summed E-state index contributed by atoms with van der Waals surface area (Å²) < 4.78 is 10.0. The molecule has 1 N–H and O–H groups in total. The lowest BCUT2D eigenvalue weighted by Gasteiger charge is -2.15. The van der Waals surface area contributed by atoms with Gasteiger partial charge in [-0.25, -0.2) is 0 Å². The average molecular weight is 271 g/mol. The summed E-state index contributed by atoms with van der Waals surface area (Å²) in [5.74, 6) is -1.96. The van der Waals surface area contributed by atoms with Gasteiger partial charge in [-0.2, -0.15) is 0 Å². The van der Waals surface area contributed by atoms with Crippen LogP contribution in [0.4, 0.5) is 0 Å². The fourth-order valence-electron chi connectivity index (χ4n) is 1.94. The molecule has 0 aliphatic carbocycles. The summed E-state index contributed by atoms with van der Waals surface area (Å²) in [5, 5.41) is 9.39. The van der Waals surface area contributed by atoms with Crippen molar-refractivity contribution in [2.24, 2.45) is 5.92 Å². The Morgan fingerprint density at radius 3 is 2.83 bits per heavy atom. The molecule has 1 fully saturated rings. The number of carbonyl (C=O) groups excluding carboxylic acids is 1. The summed E-state index contributed by atoms with van der Waals surface area (Å²) in [6.45, 7) is 0. The van der Waals surface area contributed by atoms with Gasteiger partial charge in [0.15, 0.2) is 0 Å². The van der Waals surface area contributed by atoms with E-state index in [2.05, 4.69) is 0 Å². The molecule has 1 aliphatic rings. The Labute approximate surface area is 108 Å². The number of halogens is 1. The molecule has 1 aromatic carbocycles. The minimum absolute atomic E-state index is 0.121. The van der Waals surface area contributed by atoms with E-state index in [0.29, 0.717) is 16.3 Å². The standard InChI is InChI=1S/C12H11ClO5/c1-17-9-3-2-6(4-8(9)13)11-7(12(15)16)5-10(14)18-11/h2-4,7,11H,5H2,1H3,(H,15,16). The molecule has 0 saturated carbocycles. The molecule has 5 nitrogen and oxygen atoms in total. The fraction of sp³-hybridized carbons (Fsp3) is 0.333. The van der Waals surface area contributed by atoms with Crippen LogP contribution in [0, 0.1) is 5.92 Å². The molecule has 2 unspecified atom stereocenters. The maximum absolute atomic E-state index is 11.2. The summed E-state index contributed by atoms with van der Waals surface area (Å²) in [6, 6.07) is 4.81. The molecule has 1 aromatic rings. The first-order valence-corrected chi connectivity index (χ1v) is 5.66. The molecule has 0 aromatic heterocycles. The Balaban J connectivity index is 2.33. The van der Waals surface area contributed by atoms with Crippen molar-refractivity contribution in [3.05, 3.63) is 28.8 Å². The number of hydrogen-bond donors (Lipinski definition) is 1. The van der Waals surface area contributed by atoms with Gasteiger partial charge in [0.1, 0.15) is 17.8 Å². The number of hydrogen-bond acceptors (Lipinski definition) is 4. The number of benzene rings is 1. The van der Waals surface area contributed by atoms with Gasteiger partial charge in [-0.3, -0.25) is 9.59 Å². The van der Waals surface area contributed by atoms with Crippen molar-refractivity contribution in [3.63, 3.8) is 0 Å². The van der Waals surface area contributed by atoms with Crippen LogP contribution in [0.25, 0.3) is 0 Å². The van der Waals surface area contributed by atoms with Gasteiger partial charge in [0.2, 0.25) is 0 Å². The maximum atomic E-state index is 11.2. The van der Waals surface area contributed by atoms with Gasteiger partial charge in [-0.15, -0.1) is 0 Å². The SMILES string of the molecule is COc1ccc(C2OC(=O)CC2C(=O)O)cc1Cl. The number of methoxy groups -OCH3 is 1. The molecular weight excluding hydrogens is 260 g/mol. The van der Waals surface area contributed by atoms with E-state index in [-0.39, 0.29) is 6.42 Å². The molecule has 2 atom stereocenters. The molecule has 2 rings (SSSR count). The Bertz CT molecular complexity index is 499. The number of ether oxygens (including phenoxy) is 2. The second kappa shape index (κ2) is 4.86. The second-order valence-electron chi connectivity index (χ2n) is 3.95. The van der Waals surface area contributed by atoms with Crippen LogP contribution in [-0.2, 0) is 14.3 Å². The van der Waals surface area contributed by atoms with Crippen LogP contribution in [0.5, 0.6) is 5.75 Å². The quantitative estimate of drug-likeness (QED) is 0.851. The number of carboxylic acid groups (broad SMARTS) is 1. The van der Waals surface area contributed by atoms with E-state index in [0.717, 1.165) is 0 Å². The van der Waals surface area contributed by atoms with Gasteiger partial charge in [0.25, 0.3) is 0 Å². The van der Waals surface area contributed by atoms with Gasteiger partial charge in [0, 0.05) is 0 Å². The Kier molecular flexibility index (Phi) is 3.43. The number of carbonyl (C=O) groups is 2. The van der Waals surface area contributed by atoms with Gasteiger partial charge in [0.05, 0.1) is 18.6 Å². The highest BCUT2D eigenvalue weighted by atomic mass is 35.5. The average Bonchev–Trinajstić information content (AvgIpc) is 2.71. The molecule has 96 valence electrons. The van der Waals surface area contributed by atoms with E-state index in [4.69, 9.17) is 26.2 Å². The molecule has 18 heavy (non-hydrogen) atoms. The first-order valence-electron chi connectivity index (χ1n) is 5.28. The smallest absolute Gasteiger partial charge is 0.311 e. The molecule has 1 saturated heterocycles. The van der Waals surface area contributed by atoms with Crippen molar-refractivity contribution in [2.75, 3.05) is 7.11 Å². The zero-order valence-electron chi connectivity index (χ0n) is 9.55. The fourth-order valence-corrected chi connectivity index (χ4v) is 2.20. The molecule has 6 heteroatoms. The Morgan fingerprint density at radius 2 is 2.28 bits per heavy atom. The predicted molar refractivity (Wildman–Crippen MR) is 62.6 cm³/mol. The van der Waals surface area contributed by atoms with Crippen LogP contribution in [0.1, 0.15) is 18.1 Å².